The Morgan fingerprint density at radius 2 is 1.79 bits per heavy atom. The molecule has 0 aliphatic heterocycles. The Kier molecular flexibility index (Phi) is 5.00. The maximum Gasteiger partial charge on any atom is 0.309 e. The predicted octanol–water partition coefficient (Wildman–Crippen LogP) is 3.73. The summed E-state index contributed by atoms with van der Waals surface area (Å²) in [5, 5.41) is 3.08. The van der Waals surface area contributed by atoms with E-state index in [-0.39, 0.29) is 29.8 Å². The lowest BCUT2D eigenvalue weighted by molar-refractivity contribution is -0.142. The molecular weight excluding hydrogens is 370 g/mol. The van der Waals surface area contributed by atoms with Gasteiger partial charge in [0.15, 0.2) is 0 Å². The number of carbonyl (C=O) groups excluding carboxylic acids is 2. The smallest absolute Gasteiger partial charge is 0.309 e. The maximum atomic E-state index is 12.6. The van der Waals surface area contributed by atoms with Gasteiger partial charge < -0.3 is 10.1 Å². The number of methoxy groups -OCH3 is 1. The number of benzene rings is 2. The molecule has 2 aromatic rings. The van der Waals surface area contributed by atoms with Crippen LogP contribution in [0.3, 0.4) is 0 Å². The van der Waals surface area contributed by atoms with E-state index in [0.29, 0.717) is 5.56 Å². The standard InChI is InChI=1S/C19H18BrNO3/c1-24-19(23)16-11-15(16)17(12-5-3-2-4-6-12)21-18(22)13-7-9-14(20)10-8-13/h2-10,15-17H,11H2,1H3,(H,21,22)/t15-,16-,17+/m1/s1. The van der Waals surface area contributed by atoms with E-state index in [1.165, 1.54) is 7.11 Å². The lowest BCUT2D eigenvalue weighted by atomic mass is 10.0. The van der Waals surface area contributed by atoms with Crippen molar-refractivity contribution >= 4 is 27.8 Å². The molecule has 3 rings (SSSR count). The van der Waals surface area contributed by atoms with Crippen molar-refractivity contribution in [3.8, 4) is 0 Å². The molecule has 2 aromatic carbocycles. The summed E-state index contributed by atoms with van der Waals surface area (Å²) >= 11 is 3.36. The van der Waals surface area contributed by atoms with E-state index in [0.717, 1.165) is 16.5 Å². The Hall–Kier alpha value is -2.14. The summed E-state index contributed by atoms with van der Waals surface area (Å²) < 4.78 is 5.76. The highest BCUT2D eigenvalue weighted by Gasteiger charge is 2.49. The van der Waals surface area contributed by atoms with Crippen LogP contribution in [0, 0.1) is 11.8 Å². The Labute approximate surface area is 149 Å². The molecule has 124 valence electrons. The molecule has 1 saturated carbocycles. The summed E-state index contributed by atoms with van der Waals surface area (Å²) in [6.45, 7) is 0. The van der Waals surface area contributed by atoms with E-state index < -0.39 is 0 Å². The third kappa shape index (κ3) is 3.67. The van der Waals surface area contributed by atoms with Gasteiger partial charge in [-0.2, -0.15) is 0 Å². The molecule has 0 unspecified atom stereocenters. The molecule has 4 nitrogen and oxygen atoms in total. The fraction of sp³-hybridized carbons (Fsp3) is 0.263. The van der Waals surface area contributed by atoms with Gasteiger partial charge in [0.2, 0.25) is 0 Å². The van der Waals surface area contributed by atoms with Gasteiger partial charge in [-0.05, 0) is 42.2 Å². The fourth-order valence-electron chi connectivity index (χ4n) is 2.93. The first-order valence-corrected chi connectivity index (χ1v) is 8.58. The number of carbonyl (C=O) groups is 2. The third-order valence-electron chi connectivity index (χ3n) is 4.32. The zero-order valence-electron chi connectivity index (χ0n) is 13.2. The molecule has 5 heteroatoms. The molecule has 0 saturated heterocycles. The lowest BCUT2D eigenvalue weighted by Crippen LogP contribution is -2.30. The lowest BCUT2D eigenvalue weighted by Gasteiger charge is -2.19. The molecule has 1 fully saturated rings. The first-order valence-electron chi connectivity index (χ1n) is 7.79. The van der Waals surface area contributed by atoms with Gasteiger partial charge in [0.25, 0.3) is 5.91 Å². The number of amides is 1. The van der Waals surface area contributed by atoms with Gasteiger partial charge in [-0.3, -0.25) is 9.59 Å². The second-order valence-electron chi connectivity index (χ2n) is 5.90. The van der Waals surface area contributed by atoms with Gasteiger partial charge in [-0.25, -0.2) is 0 Å². The van der Waals surface area contributed by atoms with Crippen LogP contribution in [-0.4, -0.2) is 19.0 Å². The van der Waals surface area contributed by atoms with Crippen LogP contribution in [0.15, 0.2) is 59.1 Å². The average molecular weight is 388 g/mol. The van der Waals surface area contributed by atoms with E-state index in [2.05, 4.69) is 21.2 Å². The zero-order valence-corrected chi connectivity index (χ0v) is 14.8. The Bertz CT molecular complexity index is 730. The van der Waals surface area contributed by atoms with Crippen LogP contribution in [0.2, 0.25) is 0 Å². The number of ether oxygens (including phenoxy) is 1. The molecule has 24 heavy (non-hydrogen) atoms. The molecule has 1 aliphatic carbocycles. The van der Waals surface area contributed by atoms with E-state index in [9.17, 15) is 9.59 Å². The minimum absolute atomic E-state index is 0.0687. The van der Waals surface area contributed by atoms with Gasteiger partial charge >= 0.3 is 5.97 Å². The molecule has 0 bridgehead atoms. The fourth-order valence-corrected chi connectivity index (χ4v) is 3.19. The van der Waals surface area contributed by atoms with Gasteiger partial charge in [-0.15, -0.1) is 0 Å². The molecule has 1 aliphatic rings. The van der Waals surface area contributed by atoms with Gasteiger partial charge in [0, 0.05) is 10.0 Å². The minimum atomic E-state index is -0.209. The molecular formula is C19H18BrNO3. The van der Waals surface area contributed by atoms with Crippen LogP contribution in [0.25, 0.3) is 0 Å². The number of hydrogen-bond acceptors (Lipinski definition) is 3. The van der Waals surface area contributed by atoms with E-state index in [4.69, 9.17) is 4.74 Å². The number of rotatable bonds is 5. The summed E-state index contributed by atoms with van der Waals surface area (Å²) in [5.41, 5.74) is 1.59. The highest BCUT2D eigenvalue weighted by atomic mass is 79.9. The van der Waals surface area contributed by atoms with Gasteiger partial charge in [-0.1, -0.05) is 46.3 Å². The maximum absolute atomic E-state index is 12.6. The first kappa shape index (κ1) is 16.7. The second-order valence-corrected chi connectivity index (χ2v) is 6.81. The zero-order chi connectivity index (χ0) is 17.1. The quantitative estimate of drug-likeness (QED) is 0.795. The second kappa shape index (κ2) is 7.18. The number of esters is 1. The normalized spacial score (nSPS) is 20.1. The number of hydrogen-bond donors (Lipinski definition) is 1. The monoisotopic (exact) mass is 387 g/mol. The van der Waals surface area contributed by atoms with Crippen LogP contribution in [0.5, 0.6) is 0 Å². The van der Waals surface area contributed by atoms with Crippen molar-refractivity contribution < 1.29 is 14.3 Å². The SMILES string of the molecule is COC(=O)[C@@H]1C[C@H]1[C@@H](NC(=O)c1ccc(Br)cc1)c1ccccc1. The largest absolute Gasteiger partial charge is 0.469 e. The van der Waals surface area contributed by atoms with Crippen LogP contribution in [-0.2, 0) is 9.53 Å². The molecule has 1 amide bonds. The van der Waals surface area contributed by atoms with E-state index >= 15 is 0 Å². The van der Waals surface area contributed by atoms with Crippen LogP contribution < -0.4 is 5.32 Å². The molecule has 0 heterocycles. The Morgan fingerprint density at radius 1 is 1.12 bits per heavy atom. The molecule has 1 N–H and O–H groups in total. The van der Waals surface area contributed by atoms with Crippen LogP contribution in [0.4, 0.5) is 0 Å². The number of halogens is 1. The predicted molar refractivity (Wildman–Crippen MR) is 94.4 cm³/mol. The van der Waals surface area contributed by atoms with Crippen LogP contribution >= 0.6 is 15.9 Å². The third-order valence-corrected chi connectivity index (χ3v) is 4.85. The van der Waals surface area contributed by atoms with Crippen molar-refractivity contribution in [3.63, 3.8) is 0 Å². The summed E-state index contributed by atoms with van der Waals surface area (Å²) in [5.74, 6) is -0.435. The summed E-state index contributed by atoms with van der Waals surface area (Å²) in [4.78, 5) is 24.3. The van der Waals surface area contributed by atoms with Crippen molar-refractivity contribution in [3.05, 3.63) is 70.2 Å². The molecule has 0 radical (unpaired) electrons. The molecule has 0 aromatic heterocycles. The summed E-state index contributed by atoms with van der Waals surface area (Å²) in [6, 6.07) is 16.7. The van der Waals surface area contributed by atoms with Crippen molar-refractivity contribution in [1.82, 2.24) is 5.32 Å². The average Bonchev–Trinajstić information content (AvgIpc) is 3.40. The van der Waals surface area contributed by atoms with E-state index in [1.807, 2.05) is 42.5 Å². The number of nitrogens with one attached hydrogen (secondary N) is 1. The molecule has 0 spiro atoms. The van der Waals surface area contributed by atoms with Crippen molar-refractivity contribution in [2.75, 3.05) is 7.11 Å². The first-order chi connectivity index (χ1) is 11.6. The minimum Gasteiger partial charge on any atom is -0.469 e. The van der Waals surface area contributed by atoms with Crippen LogP contribution in [0.1, 0.15) is 28.4 Å². The summed E-state index contributed by atoms with van der Waals surface area (Å²) in [6.07, 6.45) is 0.729. The van der Waals surface area contributed by atoms with E-state index in [1.54, 1.807) is 12.1 Å². The van der Waals surface area contributed by atoms with Gasteiger partial charge in [0.1, 0.15) is 0 Å². The Morgan fingerprint density at radius 3 is 2.42 bits per heavy atom. The topological polar surface area (TPSA) is 55.4 Å². The van der Waals surface area contributed by atoms with Crippen molar-refractivity contribution in [2.45, 2.75) is 12.5 Å². The van der Waals surface area contributed by atoms with Crippen molar-refractivity contribution in [1.29, 1.82) is 0 Å². The highest BCUT2D eigenvalue weighted by Crippen LogP contribution is 2.48. The van der Waals surface area contributed by atoms with Gasteiger partial charge in [0.05, 0.1) is 19.1 Å². The summed E-state index contributed by atoms with van der Waals surface area (Å²) in [7, 11) is 1.40. The van der Waals surface area contributed by atoms with Crippen molar-refractivity contribution in [2.24, 2.45) is 11.8 Å². The molecule has 3 atom stereocenters. The Balaban J connectivity index is 1.79. The highest BCUT2D eigenvalue weighted by molar-refractivity contribution is 9.10.